The monoisotopic (exact) mass is 649 g/mol. The number of aliphatic hydroxyl groups is 1. The van der Waals surface area contributed by atoms with E-state index in [1.54, 1.807) is 33.9 Å². The van der Waals surface area contributed by atoms with Crippen LogP contribution >= 0.6 is 15.9 Å². The lowest BCUT2D eigenvalue weighted by atomic mass is 9.70. The lowest BCUT2D eigenvalue weighted by molar-refractivity contribution is -0.146. The molecule has 7 atom stereocenters. The number of ether oxygens (including phenoxy) is 1. The number of alkyl halides is 1. The SMILES string of the molecule is C=CCN(C)C(=O)[C@H]1[C@@H]2OC3(CC2Br)C(C(=O)N(CC=C)c2c(C)cccc2C)N([C@@H](CO)Cc2ccccc2)C(=O)[C@H]13. The van der Waals surface area contributed by atoms with Crippen LogP contribution in [0.1, 0.15) is 23.1 Å². The molecule has 5 rings (SSSR count). The molecule has 3 heterocycles. The fraction of sp³-hybridized carbons (Fsp3) is 0.441. The van der Waals surface area contributed by atoms with Crippen molar-refractivity contribution in [3.63, 3.8) is 0 Å². The highest BCUT2D eigenvalue weighted by atomic mass is 79.9. The van der Waals surface area contributed by atoms with E-state index in [0.717, 1.165) is 22.4 Å². The van der Waals surface area contributed by atoms with Crippen molar-refractivity contribution in [3.05, 3.63) is 90.5 Å². The zero-order chi connectivity index (χ0) is 31.1. The summed E-state index contributed by atoms with van der Waals surface area (Å²) in [4.78, 5) is 48.1. The molecule has 3 fully saturated rings. The molecule has 9 heteroatoms. The lowest BCUT2D eigenvalue weighted by Crippen LogP contribution is -2.59. The highest BCUT2D eigenvalue weighted by Crippen LogP contribution is 2.61. The van der Waals surface area contributed by atoms with Gasteiger partial charge >= 0.3 is 0 Å². The van der Waals surface area contributed by atoms with Crippen LogP contribution in [0.3, 0.4) is 0 Å². The van der Waals surface area contributed by atoms with Gasteiger partial charge in [0.05, 0.1) is 30.6 Å². The topological polar surface area (TPSA) is 90.4 Å². The molecule has 2 bridgehead atoms. The molecule has 0 radical (unpaired) electrons. The third kappa shape index (κ3) is 5.15. The highest BCUT2D eigenvalue weighted by molar-refractivity contribution is 9.09. The Morgan fingerprint density at radius 3 is 2.35 bits per heavy atom. The summed E-state index contributed by atoms with van der Waals surface area (Å²) < 4.78 is 6.72. The maximum Gasteiger partial charge on any atom is 0.253 e. The first-order valence-electron chi connectivity index (χ1n) is 14.7. The van der Waals surface area contributed by atoms with Crippen LogP contribution in [0.5, 0.6) is 0 Å². The number of likely N-dealkylation sites (N-methyl/N-ethyl adjacent to an activating group) is 1. The third-order valence-corrected chi connectivity index (χ3v) is 10.1. The predicted octanol–water partition coefficient (Wildman–Crippen LogP) is 3.82. The van der Waals surface area contributed by atoms with Gasteiger partial charge in [-0.15, -0.1) is 13.2 Å². The van der Waals surface area contributed by atoms with Crippen molar-refractivity contribution in [2.75, 3.05) is 31.6 Å². The molecule has 43 heavy (non-hydrogen) atoms. The van der Waals surface area contributed by atoms with Crippen molar-refractivity contribution in [2.45, 2.75) is 55.3 Å². The second-order valence-electron chi connectivity index (χ2n) is 11.9. The number of carbonyl (C=O) groups is 3. The van der Waals surface area contributed by atoms with E-state index in [1.807, 2.05) is 62.4 Å². The van der Waals surface area contributed by atoms with Crippen LogP contribution in [-0.2, 0) is 25.5 Å². The number of likely N-dealkylation sites (tertiary alicyclic amines) is 1. The van der Waals surface area contributed by atoms with Crippen LogP contribution < -0.4 is 4.90 Å². The van der Waals surface area contributed by atoms with Gasteiger partial charge in [-0.2, -0.15) is 0 Å². The summed E-state index contributed by atoms with van der Waals surface area (Å²) in [5.41, 5.74) is 2.26. The standard InChI is InChI=1S/C34H40BrN3O5/c1-6-16-36(5)31(40)26-27-32(41)38(24(20-39)18-23-14-9-8-10-15-23)30(34(27)19-25(35)29(26)43-34)33(42)37(17-7-2)28-21(3)12-11-13-22(28)4/h6-15,24-27,29-30,39H,1-2,16-20H2,3-5H3/t24-,25?,26-,27+,29-,30?,34?/m1/s1. The third-order valence-electron chi connectivity index (χ3n) is 9.23. The number of hydrogen-bond donors (Lipinski definition) is 1. The molecule has 3 aliphatic heterocycles. The fourth-order valence-corrected chi connectivity index (χ4v) is 8.44. The Hall–Kier alpha value is -3.27. The molecule has 0 saturated carbocycles. The van der Waals surface area contributed by atoms with Gasteiger partial charge < -0.3 is 24.5 Å². The fourth-order valence-electron chi connectivity index (χ4n) is 7.50. The van der Waals surface area contributed by atoms with Crippen molar-refractivity contribution in [1.82, 2.24) is 9.80 Å². The normalized spacial score (nSPS) is 28.0. The Balaban J connectivity index is 1.66. The smallest absolute Gasteiger partial charge is 0.253 e. The molecule has 8 nitrogen and oxygen atoms in total. The van der Waals surface area contributed by atoms with Gasteiger partial charge in [-0.25, -0.2) is 0 Å². The molecule has 228 valence electrons. The Kier molecular flexibility index (Phi) is 8.97. The van der Waals surface area contributed by atoms with Crippen LogP contribution in [-0.4, -0.2) is 88.0 Å². The number of benzene rings is 2. The summed E-state index contributed by atoms with van der Waals surface area (Å²) in [6.07, 6.45) is 3.47. The molecular formula is C34H40BrN3O5. The molecule has 1 spiro atoms. The summed E-state index contributed by atoms with van der Waals surface area (Å²) in [6.45, 7) is 11.8. The number of anilines is 1. The summed E-state index contributed by atoms with van der Waals surface area (Å²) >= 11 is 3.75. The molecule has 1 N–H and O–H groups in total. The van der Waals surface area contributed by atoms with Crippen LogP contribution in [0, 0.1) is 25.7 Å². The van der Waals surface area contributed by atoms with Crippen LogP contribution in [0.4, 0.5) is 5.69 Å². The molecule has 2 aromatic carbocycles. The summed E-state index contributed by atoms with van der Waals surface area (Å²) in [5.74, 6) is -2.51. The van der Waals surface area contributed by atoms with Crippen molar-refractivity contribution in [3.8, 4) is 0 Å². The van der Waals surface area contributed by atoms with E-state index in [2.05, 4.69) is 29.1 Å². The van der Waals surface area contributed by atoms with E-state index in [-0.39, 0.29) is 35.7 Å². The summed E-state index contributed by atoms with van der Waals surface area (Å²) in [5, 5.41) is 10.8. The highest BCUT2D eigenvalue weighted by Gasteiger charge is 2.77. The van der Waals surface area contributed by atoms with Crippen molar-refractivity contribution < 1.29 is 24.2 Å². The molecule has 0 aromatic heterocycles. The number of aliphatic hydroxyl groups excluding tert-OH is 1. The molecule has 3 aliphatic rings. The Labute approximate surface area is 262 Å². The van der Waals surface area contributed by atoms with Gasteiger partial charge in [0.15, 0.2) is 0 Å². The van der Waals surface area contributed by atoms with E-state index in [0.29, 0.717) is 19.4 Å². The minimum atomic E-state index is -1.25. The van der Waals surface area contributed by atoms with E-state index in [1.165, 1.54) is 0 Å². The Morgan fingerprint density at radius 2 is 1.74 bits per heavy atom. The second-order valence-corrected chi connectivity index (χ2v) is 13.1. The Bertz CT molecular complexity index is 1400. The summed E-state index contributed by atoms with van der Waals surface area (Å²) in [7, 11) is 1.68. The van der Waals surface area contributed by atoms with Crippen molar-refractivity contribution in [1.29, 1.82) is 0 Å². The van der Waals surface area contributed by atoms with Gasteiger partial charge in [0.25, 0.3) is 5.91 Å². The first-order chi connectivity index (χ1) is 20.6. The largest absolute Gasteiger partial charge is 0.394 e. The van der Waals surface area contributed by atoms with E-state index >= 15 is 4.79 Å². The first kappa shape index (κ1) is 31.2. The minimum absolute atomic E-state index is 0.219. The molecule has 3 amide bonds. The number of nitrogens with zero attached hydrogens (tertiary/aromatic N) is 3. The van der Waals surface area contributed by atoms with Crippen molar-refractivity contribution in [2.24, 2.45) is 11.8 Å². The van der Waals surface area contributed by atoms with Crippen LogP contribution in [0.25, 0.3) is 0 Å². The zero-order valence-corrected chi connectivity index (χ0v) is 26.6. The quantitative estimate of drug-likeness (QED) is 0.295. The average Bonchev–Trinajstić information content (AvgIpc) is 3.58. The number of para-hydroxylation sites is 1. The van der Waals surface area contributed by atoms with Gasteiger partial charge in [0.1, 0.15) is 11.6 Å². The summed E-state index contributed by atoms with van der Waals surface area (Å²) in [6, 6.07) is 13.7. The van der Waals surface area contributed by atoms with Gasteiger partial charge in [-0.05, 0) is 43.4 Å². The predicted molar refractivity (Wildman–Crippen MR) is 170 cm³/mol. The molecular weight excluding hydrogens is 610 g/mol. The minimum Gasteiger partial charge on any atom is -0.394 e. The zero-order valence-electron chi connectivity index (χ0n) is 25.0. The van der Waals surface area contributed by atoms with Gasteiger partial charge in [-0.3, -0.25) is 14.4 Å². The maximum absolute atomic E-state index is 15.0. The Morgan fingerprint density at radius 1 is 1.09 bits per heavy atom. The van der Waals surface area contributed by atoms with Crippen LogP contribution in [0.15, 0.2) is 73.8 Å². The van der Waals surface area contributed by atoms with Gasteiger partial charge in [0, 0.05) is 30.7 Å². The number of rotatable bonds is 11. The maximum atomic E-state index is 15.0. The number of aryl methyl sites for hydroxylation is 2. The molecule has 3 unspecified atom stereocenters. The number of halogens is 1. The second kappa shape index (κ2) is 12.4. The van der Waals surface area contributed by atoms with Crippen molar-refractivity contribution >= 4 is 39.3 Å². The van der Waals surface area contributed by atoms with Gasteiger partial charge in [-0.1, -0.05) is 76.6 Å². The van der Waals surface area contributed by atoms with E-state index in [9.17, 15) is 14.7 Å². The van der Waals surface area contributed by atoms with E-state index < -0.39 is 35.6 Å². The average molecular weight is 651 g/mol. The number of fused-ring (bicyclic) bond motifs is 1. The van der Waals surface area contributed by atoms with Crippen LogP contribution in [0.2, 0.25) is 0 Å². The number of carbonyl (C=O) groups excluding carboxylic acids is 3. The lowest BCUT2D eigenvalue weighted by Gasteiger charge is -2.40. The number of amides is 3. The first-order valence-corrected chi connectivity index (χ1v) is 15.7. The molecule has 2 aromatic rings. The number of hydrogen-bond acceptors (Lipinski definition) is 5. The van der Waals surface area contributed by atoms with E-state index in [4.69, 9.17) is 4.74 Å². The molecule has 0 aliphatic carbocycles. The molecule has 3 saturated heterocycles. The van der Waals surface area contributed by atoms with Gasteiger partial charge in [0.2, 0.25) is 11.8 Å².